The molecule has 2 aromatic rings. The van der Waals surface area contributed by atoms with Crippen molar-refractivity contribution in [1.82, 2.24) is 9.88 Å². The zero-order valence-electron chi connectivity index (χ0n) is 15.3. The van der Waals surface area contributed by atoms with Gasteiger partial charge in [0.25, 0.3) is 5.91 Å². The van der Waals surface area contributed by atoms with Crippen molar-refractivity contribution in [2.24, 2.45) is 5.73 Å². The summed E-state index contributed by atoms with van der Waals surface area (Å²) in [4.78, 5) is 29.9. The molecular weight excluding hydrogens is 346 g/mol. The van der Waals surface area contributed by atoms with Gasteiger partial charge in [-0.05, 0) is 30.7 Å². The van der Waals surface area contributed by atoms with Crippen LogP contribution in [0.1, 0.15) is 27.1 Å². The molecule has 1 unspecified atom stereocenters. The molecule has 0 spiro atoms. The molecule has 7 heteroatoms. The Morgan fingerprint density at radius 3 is 2.59 bits per heavy atom. The van der Waals surface area contributed by atoms with Crippen LogP contribution in [0.5, 0.6) is 0 Å². The summed E-state index contributed by atoms with van der Waals surface area (Å²) >= 11 is 0. The average Bonchev–Trinajstić information content (AvgIpc) is 2.72. The quantitative estimate of drug-likeness (QED) is 0.837. The minimum absolute atomic E-state index is 0.00916. The minimum Gasteiger partial charge on any atom is -0.385 e. The first-order valence-electron chi connectivity index (χ1n) is 8.84. The van der Waals surface area contributed by atoms with E-state index in [-0.39, 0.29) is 12.0 Å². The molecule has 0 aliphatic carbocycles. The zero-order valence-corrected chi connectivity index (χ0v) is 15.3. The number of primary amides is 1. The molecule has 1 fully saturated rings. The van der Waals surface area contributed by atoms with Crippen LogP contribution in [0.2, 0.25) is 0 Å². The molecular formula is C20H23N3O4. The van der Waals surface area contributed by atoms with Crippen LogP contribution in [0.15, 0.2) is 42.6 Å². The maximum absolute atomic E-state index is 12.8. The third kappa shape index (κ3) is 4.69. The summed E-state index contributed by atoms with van der Waals surface area (Å²) in [6.45, 7) is 2.30. The standard InChI is InChI=1S/C20H23N3O4/c1-26-10-8-17-13-23(9-11-27-17)20(25)15-4-2-14(3-5-15)18-7-6-16(12-22-18)19(21)24/h2-7,12,17H,8-11,13H2,1H3,(H2,21,24). The van der Waals surface area contributed by atoms with Gasteiger partial charge in [0.2, 0.25) is 5.91 Å². The monoisotopic (exact) mass is 369 g/mol. The second kappa shape index (κ2) is 8.75. The number of ether oxygens (including phenoxy) is 2. The lowest BCUT2D eigenvalue weighted by molar-refractivity contribution is -0.0332. The summed E-state index contributed by atoms with van der Waals surface area (Å²) in [6.07, 6.45) is 2.23. The highest BCUT2D eigenvalue weighted by Gasteiger charge is 2.24. The van der Waals surface area contributed by atoms with Gasteiger partial charge in [0.15, 0.2) is 0 Å². The van der Waals surface area contributed by atoms with Gasteiger partial charge in [0, 0.05) is 44.1 Å². The zero-order chi connectivity index (χ0) is 19.2. The minimum atomic E-state index is -0.510. The van der Waals surface area contributed by atoms with E-state index in [9.17, 15) is 9.59 Å². The maximum atomic E-state index is 12.8. The Bertz CT molecular complexity index is 790. The second-order valence-electron chi connectivity index (χ2n) is 6.40. The number of pyridine rings is 1. The SMILES string of the molecule is COCCC1CN(C(=O)c2ccc(-c3ccc(C(N)=O)cn3)cc2)CCO1. The number of morpholine rings is 1. The third-order valence-electron chi connectivity index (χ3n) is 4.55. The summed E-state index contributed by atoms with van der Waals surface area (Å²) < 4.78 is 10.8. The lowest BCUT2D eigenvalue weighted by Gasteiger charge is -2.33. The van der Waals surface area contributed by atoms with Crippen LogP contribution in [0.25, 0.3) is 11.3 Å². The van der Waals surface area contributed by atoms with Crippen molar-refractivity contribution in [2.45, 2.75) is 12.5 Å². The number of hydrogen-bond acceptors (Lipinski definition) is 5. The molecule has 2 amide bonds. The van der Waals surface area contributed by atoms with E-state index in [0.29, 0.717) is 43.1 Å². The summed E-state index contributed by atoms with van der Waals surface area (Å²) in [5, 5.41) is 0. The van der Waals surface area contributed by atoms with Crippen LogP contribution in [-0.4, -0.2) is 61.2 Å². The Hall–Kier alpha value is -2.77. The van der Waals surface area contributed by atoms with Crippen molar-refractivity contribution in [3.63, 3.8) is 0 Å². The van der Waals surface area contributed by atoms with Crippen LogP contribution < -0.4 is 5.73 Å². The Morgan fingerprint density at radius 2 is 1.96 bits per heavy atom. The first kappa shape index (κ1) is 19.0. The molecule has 1 aliphatic heterocycles. The van der Waals surface area contributed by atoms with Crippen LogP contribution in [-0.2, 0) is 9.47 Å². The Kier molecular flexibility index (Phi) is 6.16. The molecule has 2 heterocycles. The van der Waals surface area contributed by atoms with E-state index in [4.69, 9.17) is 15.2 Å². The number of carbonyl (C=O) groups is 2. The fourth-order valence-electron chi connectivity index (χ4n) is 3.00. The highest BCUT2D eigenvalue weighted by molar-refractivity contribution is 5.95. The molecule has 1 aromatic carbocycles. The highest BCUT2D eigenvalue weighted by Crippen LogP contribution is 2.19. The van der Waals surface area contributed by atoms with Gasteiger partial charge in [-0.3, -0.25) is 14.6 Å². The van der Waals surface area contributed by atoms with Crippen molar-refractivity contribution in [3.8, 4) is 11.3 Å². The first-order valence-corrected chi connectivity index (χ1v) is 8.84. The number of benzene rings is 1. The predicted octanol–water partition coefficient (Wildman–Crippen LogP) is 1.72. The fraction of sp³-hybridized carbons (Fsp3) is 0.350. The smallest absolute Gasteiger partial charge is 0.254 e. The van der Waals surface area contributed by atoms with E-state index in [1.54, 1.807) is 31.4 Å². The van der Waals surface area contributed by atoms with Gasteiger partial charge in [-0.1, -0.05) is 12.1 Å². The maximum Gasteiger partial charge on any atom is 0.254 e. The first-order chi connectivity index (χ1) is 13.1. The molecule has 1 aliphatic rings. The van der Waals surface area contributed by atoms with Crippen LogP contribution in [0.3, 0.4) is 0 Å². The number of hydrogen-bond donors (Lipinski definition) is 1. The molecule has 27 heavy (non-hydrogen) atoms. The van der Waals surface area contributed by atoms with Gasteiger partial charge in [0.05, 0.1) is 24.0 Å². The van der Waals surface area contributed by atoms with Gasteiger partial charge < -0.3 is 20.1 Å². The van der Waals surface area contributed by atoms with Gasteiger partial charge in [0.1, 0.15) is 0 Å². The van der Waals surface area contributed by atoms with Gasteiger partial charge in [-0.2, -0.15) is 0 Å². The molecule has 7 nitrogen and oxygen atoms in total. The van der Waals surface area contributed by atoms with Crippen molar-refractivity contribution in [2.75, 3.05) is 33.4 Å². The summed E-state index contributed by atoms with van der Waals surface area (Å²) in [5.74, 6) is -0.520. The van der Waals surface area contributed by atoms with E-state index < -0.39 is 5.91 Å². The van der Waals surface area contributed by atoms with Crippen LogP contribution >= 0.6 is 0 Å². The van der Waals surface area contributed by atoms with Crippen molar-refractivity contribution >= 4 is 11.8 Å². The molecule has 0 bridgehead atoms. The fourth-order valence-corrected chi connectivity index (χ4v) is 3.00. The Labute approximate surface area is 158 Å². The number of aromatic nitrogens is 1. The number of rotatable bonds is 6. The molecule has 2 N–H and O–H groups in total. The van der Waals surface area contributed by atoms with Crippen molar-refractivity contribution < 1.29 is 19.1 Å². The topological polar surface area (TPSA) is 94.8 Å². The molecule has 0 radical (unpaired) electrons. The summed E-state index contributed by atoms with van der Waals surface area (Å²) in [6, 6.07) is 10.7. The number of nitrogens with zero attached hydrogens (tertiary/aromatic N) is 2. The van der Waals surface area contributed by atoms with Gasteiger partial charge in [-0.25, -0.2) is 0 Å². The van der Waals surface area contributed by atoms with E-state index in [1.807, 2.05) is 17.0 Å². The Morgan fingerprint density at radius 1 is 1.22 bits per heavy atom. The predicted molar refractivity (Wildman–Crippen MR) is 100 cm³/mol. The summed E-state index contributed by atoms with van der Waals surface area (Å²) in [7, 11) is 1.66. The van der Waals surface area contributed by atoms with Crippen molar-refractivity contribution in [3.05, 3.63) is 53.7 Å². The normalized spacial score (nSPS) is 16.9. The lowest BCUT2D eigenvalue weighted by Crippen LogP contribution is -2.45. The molecule has 142 valence electrons. The molecule has 1 aromatic heterocycles. The van der Waals surface area contributed by atoms with E-state index in [0.717, 1.165) is 12.0 Å². The van der Waals surface area contributed by atoms with Gasteiger partial charge >= 0.3 is 0 Å². The largest absolute Gasteiger partial charge is 0.385 e. The highest BCUT2D eigenvalue weighted by atomic mass is 16.5. The van der Waals surface area contributed by atoms with E-state index in [2.05, 4.69) is 4.98 Å². The van der Waals surface area contributed by atoms with Crippen molar-refractivity contribution in [1.29, 1.82) is 0 Å². The van der Waals surface area contributed by atoms with Gasteiger partial charge in [-0.15, -0.1) is 0 Å². The Balaban J connectivity index is 1.67. The third-order valence-corrected chi connectivity index (χ3v) is 4.55. The average molecular weight is 369 g/mol. The number of amides is 2. The summed E-state index contributed by atoms with van der Waals surface area (Å²) in [5.41, 5.74) is 7.79. The number of methoxy groups -OCH3 is 1. The lowest BCUT2D eigenvalue weighted by atomic mass is 10.1. The number of nitrogens with two attached hydrogens (primary N) is 1. The van der Waals surface area contributed by atoms with Crippen LogP contribution in [0, 0.1) is 0 Å². The van der Waals surface area contributed by atoms with Crippen LogP contribution in [0.4, 0.5) is 0 Å². The molecule has 1 saturated heterocycles. The second-order valence-corrected chi connectivity index (χ2v) is 6.40. The van der Waals surface area contributed by atoms with E-state index in [1.165, 1.54) is 6.20 Å². The number of carbonyl (C=O) groups excluding carboxylic acids is 2. The van der Waals surface area contributed by atoms with E-state index >= 15 is 0 Å². The molecule has 3 rings (SSSR count). The molecule has 0 saturated carbocycles. The molecule has 1 atom stereocenters.